The van der Waals surface area contributed by atoms with Crippen molar-refractivity contribution in [2.45, 2.75) is 98.7 Å². The number of ether oxygens (including phenoxy) is 1. The summed E-state index contributed by atoms with van der Waals surface area (Å²) in [4.78, 5) is 39.6. The third kappa shape index (κ3) is 4.61. The van der Waals surface area contributed by atoms with Crippen molar-refractivity contribution >= 4 is 5.96 Å². The van der Waals surface area contributed by atoms with Crippen molar-refractivity contribution in [3.63, 3.8) is 0 Å². The van der Waals surface area contributed by atoms with Gasteiger partial charge in [0, 0.05) is 77.5 Å². The Morgan fingerprint density at radius 2 is 1.38 bits per heavy atom. The van der Waals surface area contributed by atoms with Crippen molar-refractivity contribution in [3.8, 4) is 0 Å². The largest absolute Gasteiger partial charge is 0.379 e. The summed E-state index contributed by atoms with van der Waals surface area (Å²) in [6, 6.07) is 8.52. The summed E-state index contributed by atoms with van der Waals surface area (Å²) in [5.41, 5.74) is 11.8. The van der Waals surface area contributed by atoms with E-state index < -0.39 is 22.3 Å². The standard InChI is InChI=1S/C40H60N12O/c41-36(42)46-39(33-30-31-11-23-47(33)24-12-31)38(32-10-2-3-14-43-32,34-44-15-8-16-45-34)37(49-26-28-53-29-27-49)13-25-52(39)35(48-17-9-18-48)40(37,51-21-6-7-22-51)50-19-4-1-5-20-50/h2-3,8,10,14-16,31,33,35H,1,4-7,9,11-13,17-30H2,(H4,41,42,46). The maximum atomic E-state index is 6.90. The second kappa shape index (κ2) is 13.5. The third-order valence-corrected chi connectivity index (χ3v) is 15.2. The minimum Gasteiger partial charge on any atom is -0.379 e. The van der Waals surface area contributed by atoms with Gasteiger partial charge in [-0.1, -0.05) is 12.5 Å². The van der Waals surface area contributed by atoms with Gasteiger partial charge in [-0.2, -0.15) is 0 Å². The summed E-state index contributed by atoms with van der Waals surface area (Å²) in [7, 11) is 0. The summed E-state index contributed by atoms with van der Waals surface area (Å²) in [6.45, 7) is 12.5. The molecule has 4 bridgehead atoms. The van der Waals surface area contributed by atoms with E-state index in [1.54, 1.807) is 0 Å². The molecule has 0 saturated carbocycles. The van der Waals surface area contributed by atoms with Gasteiger partial charge in [-0.3, -0.25) is 34.4 Å². The molecule has 10 fully saturated rings. The van der Waals surface area contributed by atoms with Gasteiger partial charge in [-0.15, -0.1) is 0 Å². The van der Waals surface area contributed by atoms with Crippen LogP contribution in [0, 0.1) is 5.92 Å². The van der Waals surface area contributed by atoms with E-state index in [-0.39, 0.29) is 18.2 Å². The zero-order valence-electron chi connectivity index (χ0n) is 31.6. The number of aliphatic imine (C=N–C) groups is 1. The fourth-order valence-electron chi connectivity index (χ4n) is 13.5. The van der Waals surface area contributed by atoms with E-state index in [1.165, 1.54) is 51.4 Å². The van der Waals surface area contributed by atoms with Crippen LogP contribution in [0.25, 0.3) is 0 Å². The van der Waals surface area contributed by atoms with Crippen LogP contribution >= 0.6 is 0 Å². The number of nitrogens with two attached hydrogens (primary N) is 2. The normalized spacial score (nSPS) is 42.4. The highest BCUT2D eigenvalue weighted by atomic mass is 16.5. The molecule has 53 heavy (non-hydrogen) atoms. The summed E-state index contributed by atoms with van der Waals surface area (Å²) in [5, 5.41) is 0. The van der Waals surface area contributed by atoms with Gasteiger partial charge in [0.2, 0.25) is 0 Å². The quantitative estimate of drug-likeness (QED) is 0.304. The summed E-state index contributed by atoms with van der Waals surface area (Å²) >= 11 is 0. The van der Waals surface area contributed by atoms with Crippen molar-refractivity contribution in [2.75, 3.05) is 85.2 Å². The molecule has 10 saturated heterocycles. The number of likely N-dealkylation sites (tertiary alicyclic amines) is 3. The van der Waals surface area contributed by atoms with Gasteiger partial charge >= 0.3 is 0 Å². The predicted molar refractivity (Wildman–Crippen MR) is 204 cm³/mol. The lowest BCUT2D eigenvalue weighted by Crippen LogP contribution is -3.02. The van der Waals surface area contributed by atoms with E-state index in [2.05, 4.69) is 47.6 Å². The number of morpholine rings is 1. The number of pyridine rings is 1. The second-order valence-electron chi connectivity index (χ2n) is 17.2. The molecule has 0 aliphatic carbocycles. The minimum atomic E-state index is -0.967. The molecule has 13 heteroatoms. The number of nitrogens with zero attached hydrogens (tertiary/aromatic N) is 10. The Balaban J connectivity index is 1.42. The molecule has 7 unspecified atom stereocenters. The summed E-state index contributed by atoms with van der Waals surface area (Å²) in [5.74, 6) is 1.56. The molecule has 12 rings (SSSR count). The van der Waals surface area contributed by atoms with Crippen LogP contribution in [0.2, 0.25) is 0 Å². The number of rotatable bonds is 8. The van der Waals surface area contributed by atoms with Crippen LogP contribution in [-0.2, 0) is 10.2 Å². The number of aromatic nitrogens is 3. The molecule has 10 aliphatic heterocycles. The van der Waals surface area contributed by atoms with Crippen LogP contribution in [0.15, 0.2) is 47.8 Å². The van der Waals surface area contributed by atoms with E-state index in [4.69, 9.17) is 36.1 Å². The molecule has 286 valence electrons. The fourth-order valence-corrected chi connectivity index (χ4v) is 13.5. The topological polar surface area (TPSA) is 132 Å². The van der Waals surface area contributed by atoms with Crippen LogP contribution in [-0.4, -0.2) is 165 Å². The zero-order valence-corrected chi connectivity index (χ0v) is 31.6. The van der Waals surface area contributed by atoms with Gasteiger partial charge in [0.05, 0.1) is 36.7 Å². The molecule has 10 aliphatic rings. The van der Waals surface area contributed by atoms with E-state index >= 15 is 0 Å². The summed E-state index contributed by atoms with van der Waals surface area (Å²) in [6.07, 6.45) is 17.7. The smallest absolute Gasteiger partial charge is 0.187 e. The van der Waals surface area contributed by atoms with Crippen LogP contribution in [0.4, 0.5) is 0 Å². The highest BCUT2D eigenvalue weighted by Gasteiger charge is 2.89. The fraction of sp³-hybridized carbons (Fsp3) is 0.750. The highest BCUT2D eigenvalue weighted by molar-refractivity contribution is 5.77. The van der Waals surface area contributed by atoms with E-state index in [1.807, 2.05) is 24.7 Å². The SMILES string of the molecule is NC(N)=NC1(C2CC3CCN2CC3)N2CCC(N3CCOCC3)(C(N3CCCCC3)(N3CCCC3)C2N2CCC2)C1(c1ccccn1)c1ncccn1. The lowest BCUT2D eigenvalue weighted by Gasteiger charge is -2.84. The second-order valence-corrected chi connectivity index (χ2v) is 17.2. The Kier molecular flexibility index (Phi) is 8.81. The average molecular weight is 725 g/mol. The number of fused-ring (bicyclic) bond motifs is 7. The molecule has 7 atom stereocenters. The molecule has 0 aromatic carbocycles. The summed E-state index contributed by atoms with van der Waals surface area (Å²) < 4.78 is 6.28. The Labute approximate surface area is 315 Å². The average Bonchev–Trinajstić information content (AvgIpc) is 3.75. The molecule has 0 radical (unpaired) electrons. The van der Waals surface area contributed by atoms with Gasteiger partial charge in [0.25, 0.3) is 0 Å². The zero-order chi connectivity index (χ0) is 35.7. The van der Waals surface area contributed by atoms with Crippen molar-refractivity contribution in [1.82, 2.24) is 44.4 Å². The number of hydrogen-bond acceptors (Lipinski definition) is 11. The van der Waals surface area contributed by atoms with E-state index in [9.17, 15) is 0 Å². The molecule has 0 amide bonds. The van der Waals surface area contributed by atoms with Crippen molar-refractivity contribution in [3.05, 3.63) is 54.4 Å². The monoisotopic (exact) mass is 725 g/mol. The number of guanidine groups is 1. The first-order valence-corrected chi connectivity index (χ1v) is 21.0. The first-order valence-electron chi connectivity index (χ1n) is 21.0. The van der Waals surface area contributed by atoms with Crippen LogP contribution in [0.5, 0.6) is 0 Å². The predicted octanol–water partition coefficient (Wildman–Crippen LogP) is 1.71. The van der Waals surface area contributed by atoms with Crippen molar-refractivity contribution in [1.29, 1.82) is 0 Å². The Morgan fingerprint density at radius 3 is 1.96 bits per heavy atom. The molecule has 0 spiro atoms. The highest BCUT2D eigenvalue weighted by Crippen LogP contribution is 2.71. The molecule has 2 aromatic heterocycles. The van der Waals surface area contributed by atoms with Gasteiger partial charge in [0.15, 0.2) is 11.6 Å². The minimum absolute atomic E-state index is 0.0466. The van der Waals surface area contributed by atoms with E-state index in [0.717, 1.165) is 96.4 Å². The van der Waals surface area contributed by atoms with Gasteiger partial charge in [0.1, 0.15) is 16.9 Å². The lowest BCUT2D eigenvalue weighted by atomic mass is 9.43. The van der Waals surface area contributed by atoms with Gasteiger partial charge in [-0.05, 0) is 95.0 Å². The van der Waals surface area contributed by atoms with Gasteiger partial charge in [-0.25, -0.2) is 15.0 Å². The molecular weight excluding hydrogens is 665 g/mol. The molecule has 13 nitrogen and oxygen atoms in total. The van der Waals surface area contributed by atoms with Crippen molar-refractivity contribution < 1.29 is 4.74 Å². The molecule has 12 heterocycles. The van der Waals surface area contributed by atoms with E-state index in [0.29, 0.717) is 19.1 Å². The first kappa shape index (κ1) is 34.7. The Hall–Kier alpha value is -2.78. The van der Waals surface area contributed by atoms with Crippen LogP contribution in [0.3, 0.4) is 0 Å². The van der Waals surface area contributed by atoms with Crippen LogP contribution in [0.1, 0.15) is 75.7 Å². The molecular formula is C40H60N12O. The molecule has 4 N–H and O–H groups in total. The Bertz CT molecular complexity index is 1570. The van der Waals surface area contributed by atoms with Crippen molar-refractivity contribution in [2.24, 2.45) is 22.4 Å². The first-order chi connectivity index (χ1) is 26.1. The van der Waals surface area contributed by atoms with Gasteiger partial charge < -0.3 is 16.2 Å². The Morgan fingerprint density at radius 1 is 0.698 bits per heavy atom. The van der Waals surface area contributed by atoms with Crippen LogP contribution < -0.4 is 11.5 Å². The lowest BCUT2D eigenvalue weighted by molar-refractivity contribution is -0.356. The molecule has 2 aromatic rings. The maximum absolute atomic E-state index is 6.90. The number of hydrogen-bond donors (Lipinski definition) is 2. The number of piperidine rings is 7. The third-order valence-electron chi connectivity index (χ3n) is 15.2. The maximum Gasteiger partial charge on any atom is 0.187 e.